The van der Waals surface area contributed by atoms with Crippen molar-refractivity contribution in [1.29, 1.82) is 0 Å². The fourth-order valence-corrected chi connectivity index (χ4v) is 3.26. The van der Waals surface area contributed by atoms with E-state index in [2.05, 4.69) is 0 Å². The first kappa shape index (κ1) is 19.4. The molecule has 0 bridgehead atoms. The van der Waals surface area contributed by atoms with Crippen molar-refractivity contribution in [2.75, 3.05) is 0 Å². The molecule has 2 aromatic carbocycles. The number of nitrogens with one attached hydrogen (secondary N) is 1. The van der Waals surface area contributed by atoms with Crippen molar-refractivity contribution in [3.8, 4) is 5.75 Å². The van der Waals surface area contributed by atoms with Gasteiger partial charge in [-0.3, -0.25) is 14.9 Å². The molecule has 0 heterocycles. The van der Waals surface area contributed by atoms with Crippen LogP contribution in [0.25, 0.3) is 0 Å². The molecule has 1 atom stereocenters. The van der Waals surface area contributed by atoms with Gasteiger partial charge in [-0.15, -0.1) is 0 Å². The minimum absolute atomic E-state index is 0.143. The number of nitro benzene ring substituents is 1. The van der Waals surface area contributed by atoms with E-state index < -0.39 is 32.7 Å². The first-order valence-electron chi connectivity index (χ1n) is 7.67. The molecule has 0 saturated carbocycles. The van der Waals surface area contributed by atoms with Gasteiger partial charge in [0.1, 0.15) is 5.75 Å². The summed E-state index contributed by atoms with van der Waals surface area (Å²) in [5, 5.41) is 10.6. The Bertz CT molecular complexity index is 892. The standard InChI is InChI=1S/C17H18N2O6S/c1-12-3-9-16(10-4-12)25-13(2)17(20)18-26(23,24)11-14-5-7-15(8-6-14)19(21)22/h3-10,13H,11H2,1-2H3,(H,18,20). The smallest absolute Gasteiger partial charge is 0.274 e. The Labute approximate surface area is 151 Å². The zero-order chi connectivity index (χ0) is 19.3. The van der Waals surface area contributed by atoms with E-state index in [0.717, 1.165) is 5.56 Å². The molecule has 9 heteroatoms. The van der Waals surface area contributed by atoms with Crippen LogP contribution >= 0.6 is 0 Å². The Morgan fingerprint density at radius 1 is 1.15 bits per heavy atom. The number of nitro groups is 1. The van der Waals surface area contributed by atoms with Crippen LogP contribution in [0.5, 0.6) is 5.75 Å². The number of carbonyl (C=O) groups excluding carboxylic acids is 1. The van der Waals surface area contributed by atoms with Gasteiger partial charge in [-0.05, 0) is 31.5 Å². The van der Waals surface area contributed by atoms with Gasteiger partial charge >= 0.3 is 0 Å². The van der Waals surface area contributed by atoms with Crippen molar-refractivity contribution in [3.05, 3.63) is 69.8 Å². The van der Waals surface area contributed by atoms with E-state index >= 15 is 0 Å². The Morgan fingerprint density at radius 3 is 2.27 bits per heavy atom. The van der Waals surface area contributed by atoms with Crippen LogP contribution in [0.2, 0.25) is 0 Å². The second-order valence-corrected chi connectivity index (χ2v) is 7.44. The van der Waals surface area contributed by atoms with Crippen molar-refractivity contribution in [1.82, 2.24) is 4.72 Å². The predicted molar refractivity (Wildman–Crippen MR) is 95.1 cm³/mol. The van der Waals surface area contributed by atoms with E-state index in [9.17, 15) is 23.3 Å². The Morgan fingerprint density at radius 2 is 1.73 bits per heavy atom. The van der Waals surface area contributed by atoms with Gasteiger partial charge in [0.25, 0.3) is 11.6 Å². The van der Waals surface area contributed by atoms with Gasteiger partial charge in [0.15, 0.2) is 6.10 Å². The highest BCUT2D eigenvalue weighted by Crippen LogP contribution is 2.15. The average Bonchev–Trinajstić information content (AvgIpc) is 2.56. The van der Waals surface area contributed by atoms with Crippen LogP contribution in [0.4, 0.5) is 5.69 Å². The molecule has 1 amide bonds. The minimum atomic E-state index is -3.96. The highest BCUT2D eigenvalue weighted by atomic mass is 32.2. The number of hydrogen-bond donors (Lipinski definition) is 1. The van der Waals surface area contributed by atoms with Crippen LogP contribution < -0.4 is 9.46 Å². The number of rotatable bonds is 7. The molecule has 2 aromatic rings. The average molecular weight is 378 g/mol. The van der Waals surface area contributed by atoms with Gasteiger partial charge in [-0.25, -0.2) is 13.1 Å². The number of benzene rings is 2. The molecule has 0 aromatic heterocycles. The Hall–Kier alpha value is -2.94. The molecule has 8 nitrogen and oxygen atoms in total. The summed E-state index contributed by atoms with van der Waals surface area (Å²) in [5.74, 6) is -0.827. The lowest BCUT2D eigenvalue weighted by Gasteiger charge is -2.15. The van der Waals surface area contributed by atoms with Crippen molar-refractivity contribution < 1.29 is 22.9 Å². The van der Waals surface area contributed by atoms with Crippen molar-refractivity contribution in [2.24, 2.45) is 0 Å². The lowest BCUT2D eigenvalue weighted by Crippen LogP contribution is -2.40. The zero-order valence-electron chi connectivity index (χ0n) is 14.2. The van der Waals surface area contributed by atoms with Crippen LogP contribution in [-0.2, 0) is 20.6 Å². The van der Waals surface area contributed by atoms with E-state index in [1.54, 1.807) is 12.1 Å². The highest BCUT2D eigenvalue weighted by molar-refractivity contribution is 7.89. The molecular formula is C17H18N2O6S. The van der Waals surface area contributed by atoms with E-state index in [1.807, 2.05) is 23.8 Å². The molecule has 138 valence electrons. The van der Waals surface area contributed by atoms with Gasteiger partial charge in [0, 0.05) is 12.1 Å². The topological polar surface area (TPSA) is 116 Å². The van der Waals surface area contributed by atoms with Gasteiger partial charge in [-0.2, -0.15) is 0 Å². The largest absolute Gasteiger partial charge is 0.481 e. The van der Waals surface area contributed by atoms with E-state index in [4.69, 9.17) is 4.74 Å². The number of ether oxygens (including phenoxy) is 1. The second kappa shape index (κ2) is 7.96. The summed E-state index contributed by atoms with van der Waals surface area (Å²) in [6.45, 7) is 3.35. The molecule has 26 heavy (non-hydrogen) atoms. The molecule has 0 fully saturated rings. The van der Waals surface area contributed by atoms with Gasteiger partial charge in [0.05, 0.1) is 10.7 Å². The summed E-state index contributed by atoms with van der Waals surface area (Å²) < 4.78 is 31.6. The fraction of sp³-hybridized carbons (Fsp3) is 0.235. The summed E-state index contributed by atoms with van der Waals surface area (Å²) in [4.78, 5) is 22.1. The number of sulfonamides is 1. The molecule has 0 spiro atoms. The van der Waals surface area contributed by atoms with Crippen LogP contribution in [0.15, 0.2) is 48.5 Å². The Balaban J connectivity index is 1.97. The number of non-ortho nitro benzene ring substituents is 1. The summed E-state index contributed by atoms with van der Waals surface area (Å²) >= 11 is 0. The van der Waals surface area contributed by atoms with Crippen molar-refractivity contribution >= 4 is 21.6 Å². The van der Waals surface area contributed by atoms with Crippen LogP contribution in [0, 0.1) is 17.0 Å². The quantitative estimate of drug-likeness (QED) is 0.584. The molecule has 0 radical (unpaired) electrons. The molecule has 2 rings (SSSR count). The lowest BCUT2D eigenvalue weighted by molar-refractivity contribution is -0.384. The molecule has 1 N–H and O–H groups in total. The summed E-state index contributed by atoms with van der Waals surface area (Å²) in [5.41, 5.74) is 1.21. The first-order valence-corrected chi connectivity index (χ1v) is 9.32. The number of amides is 1. The van der Waals surface area contributed by atoms with E-state index in [-0.39, 0.29) is 5.69 Å². The Kier molecular flexibility index (Phi) is 5.93. The van der Waals surface area contributed by atoms with Gasteiger partial charge in [-0.1, -0.05) is 29.8 Å². The summed E-state index contributed by atoms with van der Waals surface area (Å²) in [6.07, 6.45) is -1.01. The minimum Gasteiger partial charge on any atom is -0.481 e. The van der Waals surface area contributed by atoms with Crippen LogP contribution in [-0.4, -0.2) is 25.4 Å². The van der Waals surface area contributed by atoms with Gasteiger partial charge in [0.2, 0.25) is 10.0 Å². The maximum atomic E-state index is 12.1. The third-order valence-corrected chi connectivity index (χ3v) is 4.69. The maximum Gasteiger partial charge on any atom is 0.274 e. The number of aryl methyl sites for hydroxylation is 1. The van der Waals surface area contributed by atoms with Crippen molar-refractivity contribution in [3.63, 3.8) is 0 Å². The van der Waals surface area contributed by atoms with Crippen LogP contribution in [0.1, 0.15) is 18.1 Å². The summed E-state index contributed by atoms with van der Waals surface area (Å²) in [6, 6.07) is 12.1. The van der Waals surface area contributed by atoms with Crippen molar-refractivity contribution in [2.45, 2.75) is 25.7 Å². The number of carbonyl (C=O) groups is 1. The number of hydrogen-bond acceptors (Lipinski definition) is 6. The van der Waals surface area contributed by atoms with Gasteiger partial charge < -0.3 is 4.74 Å². The third kappa shape index (κ3) is 5.55. The molecule has 0 saturated heterocycles. The monoisotopic (exact) mass is 378 g/mol. The fourth-order valence-electron chi connectivity index (χ4n) is 2.08. The molecule has 0 aliphatic rings. The molecular weight excluding hydrogens is 360 g/mol. The molecule has 1 unspecified atom stereocenters. The molecule has 0 aliphatic heterocycles. The first-order chi connectivity index (χ1) is 12.2. The summed E-state index contributed by atoms with van der Waals surface area (Å²) in [7, 11) is -3.96. The zero-order valence-corrected chi connectivity index (χ0v) is 15.0. The highest BCUT2D eigenvalue weighted by Gasteiger charge is 2.22. The number of nitrogens with zero attached hydrogens (tertiary/aromatic N) is 1. The second-order valence-electron chi connectivity index (χ2n) is 5.72. The van der Waals surface area contributed by atoms with Crippen LogP contribution in [0.3, 0.4) is 0 Å². The normalized spacial score (nSPS) is 12.2. The maximum absolute atomic E-state index is 12.1. The third-order valence-electron chi connectivity index (χ3n) is 3.46. The SMILES string of the molecule is Cc1ccc(OC(C)C(=O)NS(=O)(=O)Cc2ccc([N+](=O)[O-])cc2)cc1. The molecule has 0 aliphatic carbocycles. The lowest BCUT2D eigenvalue weighted by atomic mass is 10.2. The van der Waals surface area contributed by atoms with E-state index in [0.29, 0.717) is 11.3 Å². The predicted octanol–water partition coefficient (Wildman–Crippen LogP) is 2.32. The van der Waals surface area contributed by atoms with E-state index in [1.165, 1.54) is 31.2 Å².